The van der Waals surface area contributed by atoms with Crippen molar-refractivity contribution in [2.24, 2.45) is 11.7 Å². The number of benzene rings is 1. The summed E-state index contributed by atoms with van der Waals surface area (Å²) in [4.78, 5) is 31.3. The smallest absolute Gasteiger partial charge is 0.239 e. The van der Waals surface area contributed by atoms with Crippen molar-refractivity contribution in [3.8, 4) is 0 Å². The van der Waals surface area contributed by atoms with Gasteiger partial charge in [0, 0.05) is 18.8 Å². The average molecular weight is 439 g/mol. The molecule has 3 rings (SSSR count). The van der Waals surface area contributed by atoms with E-state index < -0.39 is 6.04 Å². The molecule has 1 aromatic heterocycles. The van der Waals surface area contributed by atoms with Crippen LogP contribution in [0.5, 0.6) is 0 Å². The number of likely N-dealkylation sites (tertiary alicyclic amines) is 1. The number of aryl methyl sites for hydroxylation is 1. The Bertz CT molecular complexity index is 804. The molecule has 3 N–H and O–H groups in total. The molecule has 1 aliphatic heterocycles. The van der Waals surface area contributed by atoms with Gasteiger partial charge in [0.05, 0.1) is 12.0 Å². The molecule has 0 bridgehead atoms. The number of nitrogens with zero attached hydrogens (tertiary/aromatic N) is 2. The van der Waals surface area contributed by atoms with Crippen molar-refractivity contribution < 1.29 is 9.59 Å². The van der Waals surface area contributed by atoms with Crippen molar-refractivity contribution in [2.45, 2.75) is 32.2 Å². The third kappa shape index (κ3) is 6.99. The molecule has 29 heavy (non-hydrogen) atoms. The molecule has 8 heteroatoms. The Kier molecular flexibility index (Phi) is 10.1. The number of nitrogens with two attached hydrogens (primary N) is 1. The first kappa shape index (κ1) is 24.9. The molecule has 1 aliphatic rings. The van der Waals surface area contributed by atoms with E-state index in [0.29, 0.717) is 25.3 Å². The summed E-state index contributed by atoms with van der Waals surface area (Å²) in [5.41, 5.74) is 8.02. The lowest BCUT2D eigenvalue weighted by molar-refractivity contribution is -0.135. The maximum absolute atomic E-state index is 12.7. The Morgan fingerprint density at radius 2 is 1.90 bits per heavy atom. The van der Waals surface area contributed by atoms with Crippen LogP contribution in [0.2, 0.25) is 0 Å². The topological polar surface area (TPSA) is 88.3 Å². The normalized spacial score (nSPS) is 16.8. The number of carbonyl (C=O) groups is 2. The number of pyridine rings is 1. The van der Waals surface area contributed by atoms with Gasteiger partial charge in [-0.15, -0.1) is 24.8 Å². The van der Waals surface area contributed by atoms with Gasteiger partial charge in [0.2, 0.25) is 11.8 Å². The number of piperidine rings is 1. The van der Waals surface area contributed by atoms with Crippen molar-refractivity contribution in [2.75, 3.05) is 18.4 Å². The van der Waals surface area contributed by atoms with E-state index >= 15 is 0 Å². The average Bonchev–Trinajstić information content (AvgIpc) is 2.68. The van der Waals surface area contributed by atoms with Gasteiger partial charge in [-0.25, -0.2) is 4.98 Å². The highest BCUT2D eigenvalue weighted by Crippen LogP contribution is 2.19. The zero-order valence-electron chi connectivity index (χ0n) is 16.4. The SMILES string of the molecule is Cc1cccc(NC(=O)C2CCCN(C(=O)C(N)Cc3ccccc3)C2)n1.Cl.Cl. The standard InChI is InChI=1S/C21H26N4O2.2ClH/c1-15-7-5-11-19(23-15)24-20(26)17-10-6-12-25(14-17)21(27)18(22)13-16-8-3-2-4-9-16;;/h2-5,7-9,11,17-18H,6,10,12-14,22H2,1H3,(H,23,24,26);2*1H. The van der Waals surface area contributed by atoms with Crippen molar-refractivity contribution >= 4 is 42.4 Å². The second-order valence-electron chi connectivity index (χ2n) is 7.07. The Morgan fingerprint density at radius 1 is 1.17 bits per heavy atom. The van der Waals surface area contributed by atoms with Gasteiger partial charge in [-0.05, 0) is 43.9 Å². The Morgan fingerprint density at radius 3 is 2.59 bits per heavy atom. The second-order valence-corrected chi connectivity index (χ2v) is 7.07. The largest absolute Gasteiger partial charge is 0.341 e. The molecule has 0 radical (unpaired) electrons. The van der Waals surface area contributed by atoms with E-state index in [9.17, 15) is 9.59 Å². The molecular formula is C21H28Cl2N4O2. The van der Waals surface area contributed by atoms with Crippen molar-refractivity contribution in [1.82, 2.24) is 9.88 Å². The fourth-order valence-electron chi connectivity index (χ4n) is 3.42. The molecular weight excluding hydrogens is 411 g/mol. The van der Waals surface area contributed by atoms with E-state index in [1.165, 1.54) is 0 Å². The van der Waals surface area contributed by atoms with Crippen LogP contribution in [0.3, 0.4) is 0 Å². The molecule has 6 nitrogen and oxygen atoms in total. The summed E-state index contributed by atoms with van der Waals surface area (Å²) in [6, 6.07) is 14.7. The quantitative estimate of drug-likeness (QED) is 0.750. The van der Waals surface area contributed by atoms with Gasteiger partial charge in [-0.1, -0.05) is 36.4 Å². The first-order valence-corrected chi connectivity index (χ1v) is 9.36. The molecule has 2 amide bonds. The van der Waals surface area contributed by atoms with E-state index in [2.05, 4.69) is 10.3 Å². The maximum Gasteiger partial charge on any atom is 0.239 e. The van der Waals surface area contributed by atoms with Gasteiger partial charge in [-0.3, -0.25) is 9.59 Å². The van der Waals surface area contributed by atoms with Crippen LogP contribution in [-0.2, 0) is 16.0 Å². The van der Waals surface area contributed by atoms with Crippen LogP contribution in [0.15, 0.2) is 48.5 Å². The number of nitrogens with one attached hydrogen (secondary N) is 1. The number of hydrogen-bond donors (Lipinski definition) is 2. The van der Waals surface area contributed by atoms with E-state index in [4.69, 9.17) is 5.73 Å². The van der Waals surface area contributed by atoms with Crippen molar-refractivity contribution in [3.63, 3.8) is 0 Å². The minimum absolute atomic E-state index is 0. The summed E-state index contributed by atoms with van der Waals surface area (Å²) in [6.45, 7) is 2.93. The molecule has 2 heterocycles. The van der Waals surface area contributed by atoms with E-state index in [1.54, 1.807) is 11.0 Å². The van der Waals surface area contributed by atoms with Gasteiger partial charge < -0.3 is 16.0 Å². The van der Waals surface area contributed by atoms with E-state index in [0.717, 1.165) is 24.1 Å². The third-order valence-electron chi connectivity index (χ3n) is 4.86. The number of hydrogen-bond acceptors (Lipinski definition) is 4. The zero-order valence-corrected chi connectivity index (χ0v) is 18.0. The Labute approximate surface area is 184 Å². The van der Waals surface area contributed by atoms with Crippen molar-refractivity contribution in [1.29, 1.82) is 0 Å². The fourth-order valence-corrected chi connectivity index (χ4v) is 3.42. The van der Waals surface area contributed by atoms with Crippen LogP contribution in [0.25, 0.3) is 0 Å². The van der Waals surface area contributed by atoms with Crippen LogP contribution in [0.4, 0.5) is 5.82 Å². The first-order chi connectivity index (χ1) is 13.0. The second kappa shape index (κ2) is 11.8. The number of anilines is 1. The molecule has 1 aromatic carbocycles. The molecule has 1 saturated heterocycles. The Balaban J connectivity index is 0.00000210. The number of carbonyl (C=O) groups excluding carboxylic acids is 2. The predicted molar refractivity (Wildman–Crippen MR) is 120 cm³/mol. The third-order valence-corrected chi connectivity index (χ3v) is 4.86. The van der Waals surface area contributed by atoms with E-state index in [-0.39, 0.29) is 42.5 Å². The predicted octanol–water partition coefficient (Wildman–Crippen LogP) is 2.98. The lowest BCUT2D eigenvalue weighted by Gasteiger charge is -2.33. The lowest BCUT2D eigenvalue weighted by atomic mass is 9.96. The van der Waals surface area contributed by atoms with Gasteiger partial charge in [0.15, 0.2) is 0 Å². The maximum atomic E-state index is 12.7. The fraction of sp³-hybridized carbons (Fsp3) is 0.381. The molecule has 2 aromatic rings. The molecule has 1 fully saturated rings. The highest BCUT2D eigenvalue weighted by atomic mass is 35.5. The summed E-state index contributed by atoms with van der Waals surface area (Å²) in [5, 5.41) is 2.86. The monoisotopic (exact) mass is 438 g/mol. The van der Waals surface area contributed by atoms with Crippen molar-refractivity contribution in [3.05, 3.63) is 59.8 Å². The molecule has 2 unspecified atom stereocenters. The van der Waals surface area contributed by atoms with Crippen LogP contribution in [0, 0.1) is 12.8 Å². The zero-order chi connectivity index (χ0) is 19.2. The minimum atomic E-state index is -0.590. The molecule has 158 valence electrons. The molecule has 0 saturated carbocycles. The van der Waals surface area contributed by atoms with Crippen LogP contribution >= 0.6 is 24.8 Å². The number of halogens is 2. The Hall–Kier alpha value is -2.15. The summed E-state index contributed by atoms with van der Waals surface area (Å²) < 4.78 is 0. The van der Waals surface area contributed by atoms with Crippen LogP contribution in [-0.4, -0.2) is 40.8 Å². The molecule has 2 atom stereocenters. The highest BCUT2D eigenvalue weighted by molar-refractivity contribution is 5.92. The van der Waals surface area contributed by atoms with Crippen LogP contribution in [0.1, 0.15) is 24.1 Å². The number of amides is 2. The van der Waals surface area contributed by atoms with Gasteiger partial charge in [-0.2, -0.15) is 0 Å². The molecule has 0 aliphatic carbocycles. The highest BCUT2D eigenvalue weighted by Gasteiger charge is 2.30. The summed E-state index contributed by atoms with van der Waals surface area (Å²) in [7, 11) is 0. The molecule has 0 spiro atoms. The van der Waals surface area contributed by atoms with Gasteiger partial charge >= 0.3 is 0 Å². The number of aromatic nitrogens is 1. The summed E-state index contributed by atoms with van der Waals surface area (Å²) in [6.07, 6.45) is 2.05. The van der Waals surface area contributed by atoms with Crippen LogP contribution < -0.4 is 11.1 Å². The van der Waals surface area contributed by atoms with Gasteiger partial charge in [0.25, 0.3) is 0 Å². The summed E-state index contributed by atoms with van der Waals surface area (Å²) in [5.74, 6) is 0.116. The number of rotatable bonds is 5. The lowest BCUT2D eigenvalue weighted by Crippen LogP contribution is -2.50. The first-order valence-electron chi connectivity index (χ1n) is 9.36. The van der Waals surface area contributed by atoms with Gasteiger partial charge in [0.1, 0.15) is 5.82 Å². The van der Waals surface area contributed by atoms with E-state index in [1.807, 2.05) is 49.4 Å². The summed E-state index contributed by atoms with van der Waals surface area (Å²) >= 11 is 0. The minimum Gasteiger partial charge on any atom is -0.341 e.